The number of anilines is 1. The topological polar surface area (TPSA) is 76.7 Å². The molecule has 1 atom stereocenters. The lowest BCUT2D eigenvalue weighted by Gasteiger charge is -2.33. The monoisotopic (exact) mass is 278 g/mol. The minimum atomic E-state index is -1.57. The van der Waals surface area contributed by atoms with E-state index in [4.69, 9.17) is 9.47 Å². The number of hydrogen-bond acceptors (Lipinski definition) is 4. The van der Waals surface area contributed by atoms with Gasteiger partial charge in [-0.15, -0.1) is 0 Å². The summed E-state index contributed by atoms with van der Waals surface area (Å²) in [5.74, 6) is -0.483. The molecular formula is C14H18N2O4. The van der Waals surface area contributed by atoms with Gasteiger partial charge in [0, 0.05) is 13.7 Å². The first-order valence-electron chi connectivity index (χ1n) is 6.36. The molecule has 0 aliphatic carbocycles. The molecule has 1 aliphatic heterocycles. The van der Waals surface area contributed by atoms with E-state index >= 15 is 0 Å². The Morgan fingerprint density at radius 1 is 1.50 bits per heavy atom. The number of carbonyl (C=O) groups excluding carboxylic acids is 2. The molecule has 1 aromatic carbocycles. The molecule has 1 aliphatic rings. The third-order valence-corrected chi connectivity index (χ3v) is 3.16. The molecule has 0 fully saturated rings. The second kappa shape index (κ2) is 5.50. The number of aryl methyl sites for hydroxylation is 1. The van der Waals surface area contributed by atoms with Crippen molar-refractivity contribution in [3.63, 3.8) is 0 Å². The van der Waals surface area contributed by atoms with E-state index in [1.54, 1.807) is 12.1 Å². The van der Waals surface area contributed by atoms with Gasteiger partial charge in [0.25, 0.3) is 17.4 Å². The van der Waals surface area contributed by atoms with Crippen LogP contribution in [0.15, 0.2) is 18.2 Å². The van der Waals surface area contributed by atoms with Crippen molar-refractivity contribution in [3.8, 4) is 5.75 Å². The average molecular weight is 278 g/mol. The van der Waals surface area contributed by atoms with Crippen molar-refractivity contribution < 1.29 is 19.1 Å². The number of methoxy groups -OCH3 is 1. The quantitative estimate of drug-likeness (QED) is 0.632. The van der Waals surface area contributed by atoms with E-state index in [0.29, 0.717) is 24.6 Å². The molecule has 6 nitrogen and oxygen atoms in total. The van der Waals surface area contributed by atoms with Crippen LogP contribution in [0.25, 0.3) is 0 Å². The molecule has 20 heavy (non-hydrogen) atoms. The number of fused-ring (bicyclic) bond motifs is 1. The molecule has 0 aromatic heterocycles. The summed E-state index contributed by atoms with van der Waals surface area (Å²) in [4.78, 5) is 24.3. The molecule has 1 heterocycles. The second-order valence-electron chi connectivity index (χ2n) is 4.84. The van der Waals surface area contributed by atoms with Crippen molar-refractivity contribution in [3.05, 3.63) is 23.8 Å². The van der Waals surface area contributed by atoms with E-state index in [0.717, 1.165) is 5.56 Å². The highest BCUT2D eigenvalue weighted by atomic mass is 16.5. The lowest BCUT2D eigenvalue weighted by Crippen LogP contribution is -2.59. The summed E-state index contributed by atoms with van der Waals surface area (Å²) in [6, 6.07) is 5.40. The van der Waals surface area contributed by atoms with Gasteiger partial charge in [-0.25, -0.2) is 0 Å². The number of benzene rings is 1. The van der Waals surface area contributed by atoms with Crippen LogP contribution in [0.4, 0.5) is 5.69 Å². The molecule has 2 N–H and O–H groups in total. The van der Waals surface area contributed by atoms with Gasteiger partial charge in [-0.3, -0.25) is 9.59 Å². The maximum absolute atomic E-state index is 12.1. The summed E-state index contributed by atoms with van der Waals surface area (Å²) < 4.78 is 10.5. The Hall–Kier alpha value is -2.08. The maximum atomic E-state index is 12.1. The molecule has 0 spiro atoms. The summed E-state index contributed by atoms with van der Waals surface area (Å²) >= 11 is 0. The fourth-order valence-electron chi connectivity index (χ4n) is 1.92. The molecule has 108 valence electrons. The van der Waals surface area contributed by atoms with E-state index < -0.39 is 17.4 Å². The Bertz CT molecular complexity index is 544. The zero-order valence-corrected chi connectivity index (χ0v) is 11.8. The molecule has 0 saturated heterocycles. The van der Waals surface area contributed by atoms with Crippen LogP contribution in [0, 0.1) is 6.92 Å². The van der Waals surface area contributed by atoms with Gasteiger partial charge in [0.2, 0.25) is 0 Å². The third-order valence-electron chi connectivity index (χ3n) is 3.16. The van der Waals surface area contributed by atoms with Crippen LogP contribution < -0.4 is 15.4 Å². The molecular weight excluding hydrogens is 260 g/mol. The van der Waals surface area contributed by atoms with E-state index in [1.165, 1.54) is 14.0 Å². The van der Waals surface area contributed by atoms with E-state index in [-0.39, 0.29) is 0 Å². The third kappa shape index (κ3) is 2.60. The van der Waals surface area contributed by atoms with Gasteiger partial charge in [-0.1, -0.05) is 6.07 Å². The van der Waals surface area contributed by atoms with Gasteiger partial charge < -0.3 is 20.1 Å². The Kier molecular flexibility index (Phi) is 3.94. The van der Waals surface area contributed by atoms with Gasteiger partial charge in [0.15, 0.2) is 0 Å². The Morgan fingerprint density at radius 3 is 2.95 bits per heavy atom. The van der Waals surface area contributed by atoms with Crippen molar-refractivity contribution in [1.82, 2.24) is 5.32 Å². The van der Waals surface area contributed by atoms with Crippen LogP contribution >= 0.6 is 0 Å². The Balaban J connectivity index is 2.18. The first-order chi connectivity index (χ1) is 9.47. The van der Waals surface area contributed by atoms with Gasteiger partial charge in [0.1, 0.15) is 5.75 Å². The maximum Gasteiger partial charge on any atom is 0.278 e. The normalized spacial score (nSPS) is 20.6. The van der Waals surface area contributed by atoms with Gasteiger partial charge >= 0.3 is 0 Å². The number of hydrogen-bond donors (Lipinski definition) is 2. The number of amides is 2. The smallest absolute Gasteiger partial charge is 0.278 e. The fraction of sp³-hybridized carbons (Fsp3) is 0.429. The first kappa shape index (κ1) is 14.3. The van der Waals surface area contributed by atoms with Crippen molar-refractivity contribution >= 4 is 17.5 Å². The van der Waals surface area contributed by atoms with Crippen LogP contribution in [0.1, 0.15) is 12.5 Å². The first-order valence-corrected chi connectivity index (χ1v) is 6.36. The molecule has 0 saturated carbocycles. The highest BCUT2D eigenvalue weighted by Gasteiger charge is 2.47. The van der Waals surface area contributed by atoms with Crippen LogP contribution in [0.5, 0.6) is 5.75 Å². The number of carbonyl (C=O) groups is 2. The highest BCUT2D eigenvalue weighted by Crippen LogP contribution is 2.34. The van der Waals surface area contributed by atoms with Crippen LogP contribution in [0.3, 0.4) is 0 Å². The van der Waals surface area contributed by atoms with Crippen molar-refractivity contribution in [1.29, 1.82) is 0 Å². The van der Waals surface area contributed by atoms with E-state index in [1.807, 2.05) is 13.0 Å². The zero-order valence-electron chi connectivity index (χ0n) is 11.8. The SMILES string of the molecule is COCCNC(=O)[C@]1(C)Oc2ccc(C)cc2NC1=O. The summed E-state index contributed by atoms with van der Waals surface area (Å²) in [7, 11) is 1.54. The van der Waals surface area contributed by atoms with Crippen molar-refractivity contribution in [2.24, 2.45) is 0 Å². The molecule has 6 heteroatoms. The number of ether oxygens (including phenoxy) is 2. The van der Waals surface area contributed by atoms with Gasteiger partial charge in [-0.05, 0) is 31.5 Å². The molecule has 0 radical (unpaired) electrons. The minimum absolute atomic E-state index is 0.322. The molecule has 2 amide bonds. The zero-order chi connectivity index (χ0) is 14.8. The summed E-state index contributed by atoms with van der Waals surface area (Å²) in [6.45, 7) is 4.06. The van der Waals surface area contributed by atoms with Crippen LogP contribution in [0.2, 0.25) is 0 Å². The van der Waals surface area contributed by atoms with Crippen LogP contribution in [-0.2, 0) is 14.3 Å². The second-order valence-corrected chi connectivity index (χ2v) is 4.84. The summed E-state index contributed by atoms with van der Waals surface area (Å²) in [6.07, 6.45) is 0. The highest BCUT2D eigenvalue weighted by molar-refractivity contribution is 6.15. The van der Waals surface area contributed by atoms with Gasteiger partial charge in [0.05, 0.1) is 12.3 Å². The Labute approximate surface area is 117 Å². The standard InChI is InChI=1S/C14H18N2O4/c1-9-4-5-11-10(8-9)16-13(18)14(2,20-11)12(17)15-6-7-19-3/h4-5,8H,6-7H2,1-3H3,(H,15,17)(H,16,18)/t14-/m0/s1. The number of rotatable bonds is 4. The van der Waals surface area contributed by atoms with Gasteiger partial charge in [-0.2, -0.15) is 0 Å². The predicted octanol–water partition coefficient (Wildman–Crippen LogP) is 0.847. The summed E-state index contributed by atoms with van der Waals surface area (Å²) in [5.41, 5.74) is 0.00804. The lowest BCUT2D eigenvalue weighted by atomic mass is 10.0. The minimum Gasteiger partial charge on any atom is -0.466 e. The average Bonchev–Trinajstić information content (AvgIpc) is 2.40. The predicted molar refractivity (Wildman–Crippen MR) is 73.7 cm³/mol. The molecule has 0 unspecified atom stereocenters. The van der Waals surface area contributed by atoms with Crippen molar-refractivity contribution in [2.75, 3.05) is 25.6 Å². The van der Waals surface area contributed by atoms with E-state index in [2.05, 4.69) is 10.6 Å². The lowest BCUT2D eigenvalue weighted by molar-refractivity contribution is -0.146. The number of nitrogens with one attached hydrogen (secondary N) is 2. The molecule has 1 aromatic rings. The Morgan fingerprint density at radius 2 is 2.25 bits per heavy atom. The van der Waals surface area contributed by atoms with E-state index in [9.17, 15) is 9.59 Å². The van der Waals surface area contributed by atoms with Crippen molar-refractivity contribution in [2.45, 2.75) is 19.4 Å². The van der Waals surface area contributed by atoms with Crippen LogP contribution in [-0.4, -0.2) is 37.7 Å². The summed E-state index contributed by atoms with van der Waals surface area (Å²) in [5, 5.41) is 5.32. The molecule has 0 bridgehead atoms. The molecule has 2 rings (SSSR count). The largest absolute Gasteiger partial charge is 0.466 e. The fourth-order valence-corrected chi connectivity index (χ4v) is 1.92.